The van der Waals surface area contributed by atoms with Gasteiger partial charge in [-0.3, -0.25) is 9.59 Å². The molecule has 0 aromatic heterocycles. The molecule has 6 heteroatoms. The van der Waals surface area contributed by atoms with Crippen molar-refractivity contribution in [3.8, 4) is 23.8 Å². The molecule has 0 bridgehead atoms. The fourth-order valence-corrected chi connectivity index (χ4v) is 5.42. The Labute approximate surface area is 268 Å². The van der Waals surface area contributed by atoms with Crippen LogP contribution < -0.4 is 14.8 Å². The van der Waals surface area contributed by atoms with Crippen LogP contribution in [-0.4, -0.2) is 49.4 Å². The fraction of sp³-hybridized carbons (Fsp3) is 0.385. The van der Waals surface area contributed by atoms with Crippen LogP contribution in [-0.2, 0) is 6.54 Å². The van der Waals surface area contributed by atoms with Gasteiger partial charge in [0.15, 0.2) is 5.78 Å². The number of hydrogen-bond donors (Lipinski definition) is 1. The molecule has 0 atom stereocenters. The monoisotopic (exact) mass is 606 g/mol. The summed E-state index contributed by atoms with van der Waals surface area (Å²) in [6, 6.07) is 21.4. The maximum Gasteiger partial charge on any atom is 0.251 e. The number of nitrogens with zero attached hydrogens (tertiary/aromatic N) is 1. The van der Waals surface area contributed by atoms with Crippen molar-refractivity contribution in [2.45, 2.75) is 64.3 Å². The summed E-state index contributed by atoms with van der Waals surface area (Å²) < 4.78 is 11.3. The summed E-state index contributed by atoms with van der Waals surface area (Å²) in [5.41, 5.74) is 4.04. The number of unbranched alkanes of at least 4 members (excludes halogenated alkanes) is 5. The van der Waals surface area contributed by atoms with Crippen molar-refractivity contribution in [2.75, 3.05) is 32.8 Å². The lowest BCUT2D eigenvalue weighted by Gasteiger charge is -2.19. The van der Waals surface area contributed by atoms with Crippen LogP contribution >= 0.6 is 0 Å². The van der Waals surface area contributed by atoms with Crippen molar-refractivity contribution in [3.05, 3.63) is 107 Å². The molecule has 1 heterocycles. The molecule has 3 aromatic rings. The van der Waals surface area contributed by atoms with Crippen molar-refractivity contribution in [3.63, 3.8) is 0 Å². The molecular formula is C39H46N2O4. The molecule has 3 aromatic carbocycles. The average molecular weight is 607 g/mol. The van der Waals surface area contributed by atoms with Crippen molar-refractivity contribution in [1.82, 2.24) is 10.2 Å². The number of carbonyl (C=O) groups is 2. The number of terminal acetylenes is 1. The SMILES string of the molecule is C#CCOc1ccc(C(=O)c2ccc(CNC(=O)c3ccc(OCCCCCCCCN4CCCC(=C)CC4)cc3)cc2)cc1. The number of hydrogen-bond acceptors (Lipinski definition) is 5. The summed E-state index contributed by atoms with van der Waals surface area (Å²) in [6.45, 7) is 9.02. The molecule has 1 amide bonds. The number of rotatable bonds is 17. The first-order valence-corrected chi connectivity index (χ1v) is 16.2. The summed E-state index contributed by atoms with van der Waals surface area (Å²) in [5, 5.41) is 2.94. The van der Waals surface area contributed by atoms with Gasteiger partial charge < -0.3 is 19.7 Å². The van der Waals surface area contributed by atoms with Crippen LogP contribution in [0.15, 0.2) is 84.9 Å². The van der Waals surface area contributed by atoms with Gasteiger partial charge in [0, 0.05) is 29.8 Å². The molecule has 1 N–H and O–H groups in total. The Hall–Kier alpha value is -4.34. The van der Waals surface area contributed by atoms with E-state index < -0.39 is 0 Å². The van der Waals surface area contributed by atoms with Gasteiger partial charge in [0.1, 0.15) is 18.1 Å². The molecule has 1 saturated heterocycles. The second kappa shape index (κ2) is 18.5. The zero-order chi connectivity index (χ0) is 31.7. The third kappa shape index (κ3) is 11.6. The molecule has 0 aliphatic carbocycles. The zero-order valence-electron chi connectivity index (χ0n) is 26.4. The lowest BCUT2D eigenvalue weighted by molar-refractivity contribution is 0.0950. The van der Waals surface area contributed by atoms with E-state index in [2.05, 4.69) is 22.7 Å². The lowest BCUT2D eigenvalue weighted by Crippen LogP contribution is -2.25. The fourth-order valence-electron chi connectivity index (χ4n) is 5.42. The van der Waals surface area contributed by atoms with Gasteiger partial charge >= 0.3 is 0 Å². The first kappa shape index (κ1) is 33.6. The number of ketones is 1. The number of ether oxygens (including phenoxy) is 2. The van der Waals surface area contributed by atoms with Crippen LogP contribution in [0.5, 0.6) is 11.5 Å². The Morgan fingerprint density at radius 1 is 0.756 bits per heavy atom. The second-order valence-corrected chi connectivity index (χ2v) is 11.7. The number of benzene rings is 3. The van der Waals surface area contributed by atoms with E-state index in [0.29, 0.717) is 35.6 Å². The lowest BCUT2D eigenvalue weighted by atomic mass is 10.0. The highest BCUT2D eigenvalue weighted by atomic mass is 16.5. The van der Waals surface area contributed by atoms with Crippen molar-refractivity contribution < 1.29 is 19.1 Å². The van der Waals surface area contributed by atoms with Crippen LogP contribution in [0.2, 0.25) is 0 Å². The van der Waals surface area contributed by atoms with E-state index in [1.165, 1.54) is 76.6 Å². The van der Waals surface area contributed by atoms with Gasteiger partial charge in [0.2, 0.25) is 0 Å². The Bertz CT molecular complexity index is 1410. The van der Waals surface area contributed by atoms with Gasteiger partial charge in [0.05, 0.1) is 6.61 Å². The first-order chi connectivity index (χ1) is 22.0. The molecule has 0 unspecified atom stereocenters. The summed E-state index contributed by atoms with van der Waals surface area (Å²) in [6.07, 6.45) is 16.2. The molecule has 0 saturated carbocycles. The van der Waals surface area contributed by atoms with Gasteiger partial charge in [-0.25, -0.2) is 0 Å². The van der Waals surface area contributed by atoms with Crippen LogP contribution in [0.4, 0.5) is 0 Å². The van der Waals surface area contributed by atoms with Gasteiger partial charge in [-0.15, -0.1) is 6.42 Å². The van der Waals surface area contributed by atoms with Crippen LogP contribution in [0.25, 0.3) is 0 Å². The maximum absolute atomic E-state index is 12.8. The van der Waals surface area contributed by atoms with Crippen molar-refractivity contribution >= 4 is 11.7 Å². The van der Waals surface area contributed by atoms with Crippen LogP contribution in [0, 0.1) is 12.3 Å². The van der Waals surface area contributed by atoms with E-state index in [-0.39, 0.29) is 18.3 Å². The molecule has 1 aliphatic rings. The number of amides is 1. The Morgan fingerprint density at radius 3 is 2.04 bits per heavy atom. The van der Waals surface area contributed by atoms with Gasteiger partial charge in [-0.05, 0) is 99.3 Å². The number of nitrogens with one attached hydrogen (secondary N) is 1. The third-order valence-corrected chi connectivity index (χ3v) is 8.15. The van der Waals surface area contributed by atoms with E-state index in [0.717, 1.165) is 17.7 Å². The standard InChI is InChI=1S/C39H46N2O4/c1-3-28-44-36-20-16-34(17-21-36)38(42)33-14-12-32(13-15-33)30-40-39(43)35-18-22-37(23-19-35)45-29-9-7-5-4-6-8-25-41-26-10-11-31(2)24-27-41/h1,12-23H,2,4-11,24-30H2,(H,40,43). The van der Waals surface area contributed by atoms with E-state index in [9.17, 15) is 9.59 Å². The zero-order valence-corrected chi connectivity index (χ0v) is 26.4. The molecule has 0 spiro atoms. The Balaban J connectivity index is 1.08. The third-order valence-electron chi connectivity index (χ3n) is 8.15. The molecule has 45 heavy (non-hydrogen) atoms. The molecular weight excluding hydrogens is 560 g/mol. The number of likely N-dealkylation sites (tertiary alicyclic amines) is 1. The van der Waals surface area contributed by atoms with Gasteiger partial charge in [-0.1, -0.05) is 68.0 Å². The topological polar surface area (TPSA) is 67.9 Å². The average Bonchev–Trinajstić information content (AvgIpc) is 3.29. The molecule has 236 valence electrons. The van der Waals surface area contributed by atoms with E-state index >= 15 is 0 Å². The molecule has 1 aliphatic heterocycles. The van der Waals surface area contributed by atoms with Crippen molar-refractivity contribution in [1.29, 1.82) is 0 Å². The van der Waals surface area contributed by atoms with E-state index in [1.54, 1.807) is 48.5 Å². The summed E-state index contributed by atoms with van der Waals surface area (Å²) >= 11 is 0. The first-order valence-electron chi connectivity index (χ1n) is 16.2. The largest absolute Gasteiger partial charge is 0.494 e. The highest BCUT2D eigenvalue weighted by Gasteiger charge is 2.12. The highest BCUT2D eigenvalue weighted by molar-refractivity contribution is 6.09. The summed E-state index contributed by atoms with van der Waals surface area (Å²) in [5.74, 6) is 3.57. The maximum atomic E-state index is 12.8. The molecule has 0 radical (unpaired) electrons. The Kier molecular flexibility index (Phi) is 13.8. The second-order valence-electron chi connectivity index (χ2n) is 11.7. The highest BCUT2D eigenvalue weighted by Crippen LogP contribution is 2.18. The number of carbonyl (C=O) groups excluding carboxylic acids is 2. The quantitative estimate of drug-likeness (QED) is 0.0741. The summed E-state index contributed by atoms with van der Waals surface area (Å²) in [7, 11) is 0. The normalized spacial score (nSPS) is 13.4. The minimum Gasteiger partial charge on any atom is -0.494 e. The smallest absolute Gasteiger partial charge is 0.251 e. The minimum absolute atomic E-state index is 0.0853. The van der Waals surface area contributed by atoms with E-state index in [1.807, 2.05) is 24.3 Å². The Morgan fingerprint density at radius 2 is 1.36 bits per heavy atom. The van der Waals surface area contributed by atoms with Crippen molar-refractivity contribution in [2.24, 2.45) is 0 Å². The van der Waals surface area contributed by atoms with Crippen LogP contribution in [0.1, 0.15) is 89.6 Å². The van der Waals surface area contributed by atoms with Gasteiger partial charge in [0.25, 0.3) is 5.91 Å². The minimum atomic E-state index is -0.157. The molecule has 1 fully saturated rings. The van der Waals surface area contributed by atoms with Gasteiger partial charge in [-0.2, -0.15) is 0 Å². The summed E-state index contributed by atoms with van der Waals surface area (Å²) in [4.78, 5) is 28.1. The molecule has 4 rings (SSSR count). The predicted molar refractivity (Wildman–Crippen MR) is 181 cm³/mol. The predicted octanol–water partition coefficient (Wildman–Crippen LogP) is 7.62. The molecule has 6 nitrogen and oxygen atoms in total. The van der Waals surface area contributed by atoms with Crippen LogP contribution in [0.3, 0.4) is 0 Å². The van der Waals surface area contributed by atoms with E-state index in [4.69, 9.17) is 15.9 Å².